The van der Waals surface area contributed by atoms with Gasteiger partial charge in [0.15, 0.2) is 0 Å². The summed E-state index contributed by atoms with van der Waals surface area (Å²) in [5.74, 6) is 1.64. The molecule has 0 bridgehead atoms. The molecule has 0 saturated carbocycles. The summed E-state index contributed by atoms with van der Waals surface area (Å²) in [5.41, 5.74) is 5.53. The number of aromatic nitrogens is 2. The summed E-state index contributed by atoms with van der Waals surface area (Å²) in [5, 5.41) is 4.09. The summed E-state index contributed by atoms with van der Waals surface area (Å²) in [6, 6.07) is 0. The van der Waals surface area contributed by atoms with Crippen molar-refractivity contribution >= 4 is 0 Å². The topological polar surface area (TPSA) is 77.4 Å². The van der Waals surface area contributed by atoms with Crippen LogP contribution < -0.4 is 5.73 Å². The molecule has 2 atom stereocenters. The van der Waals surface area contributed by atoms with E-state index in [2.05, 4.69) is 28.9 Å². The van der Waals surface area contributed by atoms with E-state index in [1.165, 1.54) is 0 Å². The first kappa shape index (κ1) is 15.4. The van der Waals surface area contributed by atoms with Crippen molar-refractivity contribution in [2.45, 2.75) is 45.1 Å². The minimum Gasteiger partial charge on any atom is -0.367 e. The van der Waals surface area contributed by atoms with Crippen LogP contribution in [0.25, 0.3) is 0 Å². The highest BCUT2D eigenvalue weighted by Gasteiger charge is 2.26. The molecule has 0 aliphatic carbocycles. The Balaban J connectivity index is 1.93. The van der Waals surface area contributed by atoms with Gasteiger partial charge >= 0.3 is 0 Å². The van der Waals surface area contributed by atoms with Gasteiger partial charge in [-0.3, -0.25) is 4.90 Å². The smallest absolute Gasteiger partial charge is 0.229 e. The van der Waals surface area contributed by atoms with Crippen LogP contribution >= 0.6 is 0 Å². The van der Waals surface area contributed by atoms with Crippen molar-refractivity contribution in [2.75, 3.05) is 32.8 Å². The molecule has 114 valence electrons. The minimum absolute atomic E-state index is 0.0606. The van der Waals surface area contributed by atoms with Gasteiger partial charge in [-0.15, -0.1) is 0 Å². The predicted molar refractivity (Wildman–Crippen MR) is 76.4 cm³/mol. The van der Waals surface area contributed by atoms with Gasteiger partial charge in [-0.25, -0.2) is 0 Å². The molecule has 20 heavy (non-hydrogen) atoms. The maximum atomic E-state index is 5.77. The van der Waals surface area contributed by atoms with Gasteiger partial charge in [0.05, 0.1) is 6.61 Å². The van der Waals surface area contributed by atoms with Crippen molar-refractivity contribution in [1.82, 2.24) is 15.0 Å². The summed E-state index contributed by atoms with van der Waals surface area (Å²) in [6.45, 7) is 8.65. The van der Waals surface area contributed by atoms with Crippen molar-refractivity contribution in [1.29, 1.82) is 0 Å². The van der Waals surface area contributed by atoms with Gasteiger partial charge in [0, 0.05) is 19.0 Å². The third-order valence-corrected chi connectivity index (χ3v) is 3.70. The molecule has 2 N–H and O–H groups in total. The Morgan fingerprint density at radius 3 is 3.10 bits per heavy atom. The molecule has 1 aliphatic heterocycles. The van der Waals surface area contributed by atoms with E-state index in [0.717, 1.165) is 45.5 Å². The molecular formula is C14H26N4O2. The molecule has 2 rings (SSSR count). The van der Waals surface area contributed by atoms with E-state index < -0.39 is 0 Å². The van der Waals surface area contributed by atoms with Gasteiger partial charge < -0.3 is 15.0 Å². The molecule has 0 aromatic carbocycles. The normalized spacial score (nSPS) is 22.1. The lowest BCUT2D eigenvalue weighted by Crippen LogP contribution is -2.39. The third kappa shape index (κ3) is 4.01. The van der Waals surface area contributed by atoms with Gasteiger partial charge in [-0.05, 0) is 32.4 Å². The van der Waals surface area contributed by atoms with Crippen LogP contribution in [0.15, 0.2) is 4.52 Å². The molecule has 0 radical (unpaired) electrons. The van der Waals surface area contributed by atoms with E-state index in [1.54, 1.807) is 0 Å². The number of morpholine rings is 1. The summed E-state index contributed by atoms with van der Waals surface area (Å²) in [6.07, 6.45) is 3.05. The zero-order valence-corrected chi connectivity index (χ0v) is 12.5. The van der Waals surface area contributed by atoms with Crippen LogP contribution in [0.3, 0.4) is 0 Å². The molecule has 6 nitrogen and oxygen atoms in total. The number of rotatable bonds is 7. The highest BCUT2D eigenvalue weighted by molar-refractivity contribution is 4.97. The second-order valence-electron chi connectivity index (χ2n) is 5.48. The van der Waals surface area contributed by atoms with Crippen LogP contribution in [0.4, 0.5) is 0 Å². The van der Waals surface area contributed by atoms with E-state index in [4.69, 9.17) is 15.0 Å². The lowest BCUT2D eigenvalue weighted by atomic mass is 10.1. The number of ether oxygens (including phenoxy) is 1. The molecule has 1 aliphatic rings. The number of hydrogen-bond donors (Lipinski definition) is 1. The second kappa shape index (κ2) is 7.71. The van der Waals surface area contributed by atoms with Crippen molar-refractivity contribution in [3.05, 3.63) is 11.7 Å². The molecule has 1 saturated heterocycles. The van der Waals surface area contributed by atoms with E-state index in [1.807, 2.05) is 0 Å². The first-order chi connectivity index (χ1) is 9.74. The minimum atomic E-state index is -0.0606. The first-order valence-electron chi connectivity index (χ1n) is 7.62. The zero-order chi connectivity index (χ0) is 14.4. The monoisotopic (exact) mass is 282 g/mol. The number of nitrogens with zero attached hydrogens (tertiary/aromatic N) is 3. The molecule has 1 aromatic heterocycles. The average molecular weight is 282 g/mol. The maximum absolute atomic E-state index is 5.77. The predicted octanol–water partition coefficient (Wildman–Crippen LogP) is 1.70. The van der Waals surface area contributed by atoms with Crippen LogP contribution in [-0.4, -0.2) is 47.8 Å². The molecule has 1 aromatic rings. The van der Waals surface area contributed by atoms with Gasteiger partial charge in [0.1, 0.15) is 6.10 Å². The molecule has 2 unspecified atom stereocenters. The Kier molecular flexibility index (Phi) is 5.94. The fourth-order valence-electron chi connectivity index (χ4n) is 2.50. The molecular weight excluding hydrogens is 256 g/mol. The lowest BCUT2D eigenvalue weighted by Gasteiger charge is -2.30. The van der Waals surface area contributed by atoms with Crippen molar-refractivity contribution in [3.63, 3.8) is 0 Å². The van der Waals surface area contributed by atoms with Crippen LogP contribution in [-0.2, 0) is 4.74 Å². The Hall–Kier alpha value is -0.980. The van der Waals surface area contributed by atoms with Crippen LogP contribution in [0, 0.1) is 0 Å². The molecule has 1 fully saturated rings. The number of nitrogens with two attached hydrogens (primary N) is 1. The highest BCUT2D eigenvalue weighted by atomic mass is 16.5. The van der Waals surface area contributed by atoms with Gasteiger partial charge in [0.2, 0.25) is 11.7 Å². The van der Waals surface area contributed by atoms with Gasteiger partial charge in [-0.1, -0.05) is 19.0 Å². The lowest BCUT2D eigenvalue weighted by molar-refractivity contribution is -0.0350. The standard InChI is InChI=1S/C14H26N4O2/c1-3-7-18-8-9-19-12(10-18)13-16-14(20-17-13)11(2)5-4-6-15/h11-12H,3-10,15H2,1-2H3. The number of hydrogen-bond acceptors (Lipinski definition) is 6. The highest BCUT2D eigenvalue weighted by Crippen LogP contribution is 2.23. The molecule has 0 spiro atoms. The van der Waals surface area contributed by atoms with Crippen LogP contribution in [0.2, 0.25) is 0 Å². The van der Waals surface area contributed by atoms with Crippen LogP contribution in [0.1, 0.15) is 56.8 Å². The zero-order valence-electron chi connectivity index (χ0n) is 12.5. The Morgan fingerprint density at radius 1 is 1.50 bits per heavy atom. The summed E-state index contributed by atoms with van der Waals surface area (Å²) in [7, 11) is 0. The van der Waals surface area contributed by atoms with E-state index in [0.29, 0.717) is 18.3 Å². The van der Waals surface area contributed by atoms with Crippen LogP contribution in [0.5, 0.6) is 0 Å². The average Bonchev–Trinajstić information content (AvgIpc) is 2.95. The maximum Gasteiger partial charge on any atom is 0.229 e. The fraction of sp³-hybridized carbons (Fsp3) is 0.857. The fourth-order valence-corrected chi connectivity index (χ4v) is 2.50. The van der Waals surface area contributed by atoms with Crippen molar-refractivity contribution < 1.29 is 9.26 Å². The van der Waals surface area contributed by atoms with Gasteiger partial charge in [0.25, 0.3) is 0 Å². The molecule has 2 heterocycles. The Bertz CT molecular complexity index is 394. The van der Waals surface area contributed by atoms with Crippen molar-refractivity contribution in [2.24, 2.45) is 5.73 Å². The summed E-state index contributed by atoms with van der Waals surface area (Å²) in [4.78, 5) is 6.90. The van der Waals surface area contributed by atoms with E-state index in [-0.39, 0.29) is 12.0 Å². The van der Waals surface area contributed by atoms with E-state index >= 15 is 0 Å². The van der Waals surface area contributed by atoms with Gasteiger partial charge in [-0.2, -0.15) is 4.98 Å². The molecule has 0 amide bonds. The Morgan fingerprint density at radius 2 is 2.35 bits per heavy atom. The summed E-state index contributed by atoms with van der Waals surface area (Å²) >= 11 is 0. The summed E-state index contributed by atoms with van der Waals surface area (Å²) < 4.78 is 11.1. The van der Waals surface area contributed by atoms with Crippen molar-refractivity contribution in [3.8, 4) is 0 Å². The largest absolute Gasteiger partial charge is 0.367 e. The Labute approximate surface area is 120 Å². The van der Waals surface area contributed by atoms with E-state index in [9.17, 15) is 0 Å². The second-order valence-corrected chi connectivity index (χ2v) is 5.48. The quantitative estimate of drug-likeness (QED) is 0.820. The first-order valence-corrected chi connectivity index (χ1v) is 7.62. The molecule has 6 heteroatoms. The SMILES string of the molecule is CCCN1CCOC(c2noc(C(C)CCCN)n2)C1. The third-order valence-electron chi connectivity index (χ3n) is 3.70.